The summed E-state index contributed by atoms with van der Waals surface area (Å²) in [5.74, 6) is 0.745. The standard InChI is InChI=1S/C14H15N3O/c18-14-16-12(10-6-2-1-3-7-10)11-8-4-5-9-15-13(11)17-14/h1-3,6-7H,4-5,8-9H2,(H2,15,16,17,18). The van der Waals surface area contributed by atoms with Crippen LogP contribution in [-0.4, -0.2) is 16.5 Å². The topological polar surface area (TPSA) is 57.8 Å². The fourth-order valence-corrected chi connectivity index (χ4v) is 2.37. The van der Waals surface area contributed by atoms with Crippen LogP contribution in [0, 0.1) is 0 Å². The van der Waals surface area contributed by atoms with Gasteiger partial charge in [-0.25, -0.2) is 4.79 Å². The van der Waals surface area contributed by atoms with Crippen LogP contribution in [0.5, 0.6) is 0 Å². The van der Waals surface area contributed by atoms with Crippen LogP contribution in [0.4, 0.5) is 5.82 Å². The molecule has 0 bridgehead atoms. The van der Waals surface area contributed by atoms with Crippen LogP contribution in [-0.2, 0) is 6.42 Å². The summed E-state index contributed by atoms with van der Waals surface area (Å²) in [4.78, 5) is 18.6. The SMILES string of the molecule is O=c1nc2c(c(-c3ccccc3)[nH]1)CCCCN2. The van der Waals surface area contributed by atoms with Crippen LogP contribution in [0.25, 0.3) is 11.3 Å². The Morgan fingerprint density at radius 2 is 1.94 bits per heavy atom. The van der Waals surface area contributed by atoms with Crippen molar-refractivity contribution in [3.05, 3.63) is 46.4 Å². The third kappa shape index (κ3) is 2.01. The first-order valence-corrected chi connectivity index (χ1v) is 6.27. The third-order valence-corrected chi connectivity index (χ3v) is 3.24. The lowest BCUT2D eigenvalue weighted by Gasteiger charge is -2.11. The minimum Gasteiger partial charge on any atom is -0.370 e. The quantitative estimate of drug-likeness (QED) is 0.804. The molecule has 0 amide bonds. The number of aromatic amines is 1. The maximum Gasteiger partial charge on any atom is 0.347 e. The van der Waals surface area contributed by atoms with Crippen molar-refractivity contribution in [3.63, 3.8) is 0 Å². The summed E-state index contributed by atoms with van der Waals surface area (Å²) in [5.41, 5.74) is 2.78. The number of rotatable bonds is 1. The van der Waals surface area contributed by atoms with Crippen molar-refractivity contribution in [1.82, 2.24) is 9.97 Å². The second-order valence-corrected chi connectivity index (χ2v) is 4.49. The fourth-order valence-electron chi connectivity index (χ4n) is 2.37. The number of fused-ring (bicyclic) bond motifs is 1. The third-order valence-electron chi connectivity index (χ3n) is 3.24. The van der Waals surface area contributed by atoms with E-state index in [0.29, 0.717) is 0 Å². The number of aromatic nitrogens is 2. The van der Waals surface area contributed by atoms with Gasteiger partial charge in [0.25, 0.3) is 0 Å². The van der Waals surface area contributed by atoms with Crippen LogP contribution >= 0.6 is 0 Å². The van der Waals surface area contributed by atoms with E-state index in [0.717, 1.165) is 48.4 Å². The second-order valence-electron chi connectivity index (χ2n) is 4.49. The fraction of sp³-hybridized carbons (Fsp3) is 0.286. The van der Waals surface area contributed by atoms with Crippen molar-refractivity contribution in [1.29, 1.82) is 0 Å². The van der Waals surface area contributed by atoms with E-state index in [1.807, 2.05) is 30.3 Å². The van der Waals surface area contributed by atoms with Crippen LogP contribution < -0.4 is 11.0 Å². The summed E-state index contributed by atoms with van der Waals surface area (Å²) in [7, 11) is 0. The van der Waals surface area contributed by atoms with E-state index in [2.05, 4.69) is 15.3 Å². The van der Waals surface area contributed by atoms with Crippen molar-refractivity contribution >= 4 is 5.82 Å². The Bertz CT molecular complexity index is 604. The van der Waals surface area contributed by atoms with Gasteiger partial charge in [-0.1, -0.05) is 30.3 Å². The van der Waals surface area contributed by atoms with E-state index in [4.69, 9.17) is 0 Å². The van der Waals surface area contributed by atoms with Crippen LogP contribution in [0.1, 0.15) is 18.4 Å². The molecule has 1 aliphatic heterocycles. The average Bonchev–Trinajstić information content (AvgIpc) is 2.64. The Hall–Kier alpha value is -2.10. The molecule has 0 saturated heterocycles. The molecule has 2 heterocycles. The van der Waals surface area contributed by atoms with Gasteiger partial charge in [0.1, 0.15) is 5.82 Å². The number of H-pyrrole nitrogens is 1. The Labute approximate surface area is 105 Å². The molecule has 18 heavy (non-hydrogen) atoms. The molecule has 4 nitrogen and oxygen atoms in total. The zero-order valence-corrected chi connectivity index (χ0v) is 10.1. The highest BCUT2D eigenvalue weighted by molar-refractivity contribution is 5.68. The van der Waals surface area contributed by atoms with Gasteiger partial charge in [-0.2, -0.15) is 4.98 Å². The largest absolute Gasteiger partial charge is 0.370 e. The number of benzene rings is 1. The predicted octanol–water partition coefficient (Wildman–Crippen LogP) is 2.19. The Morgan fingerprint density at radius 1 is 1.11 bits per heavy atom. The van der Waals surface area contributed by atoms with Gasteiger partial charge in [0.15, 0.2) is 0 Å². The van der Waals surface area contributed by atoms with E-state index in [1.165, 1.54) is 0 Å². The monoisotopic (exact) mass is 241 g/mol. The number of hydrogen-bond acceptors (Lipinski definition) is 3. The predicted molar refractivity (Wildman–Crippen MR) is 71.7 cm³/mol. The lowest BCUT2D eigenvalue weighted by Crippen LogP contribution is -2.17. The van der Waals surface area contributed by atoms with Crippen molar-refractivity contribution in [2.45, 2.75) is 19.3 Å². The average molecular weight is 241 g/mol. The number of nitrogens with one attached hydrogen (secondary N) is 2. The zero-order valence-electron chi connectivity index (χ0n) is 10.1. The molecule has 0 aliphatic carbocycles. The summed E-state index contributed by atoms with van der Waals surface area (Å²) in [6.45, 7) is 0.887. The van der Waals surface area contributed by atoms with E-state index in [-0.39, 0.29) is 5.69 Å². The number of anilines is 1. The van der Waals surface area contributed by atoms with Gasteiger partial charge in [-0.05, 0) is 24.8 Å². The van der Waals surface area contributed by atoms with Crippen LogP contribution in [0.15, 0.2) is 35.1 Å². The molecule has 2 N–H and O–H groups in total. The number of nitrogens with zero attached hydrogens (tertiary/aromatic N) is 1. The van der Waals surface area contributed by atoms with Crippen LogP contribution in [0.3, 0.4) is 0 Å². The van der Waals surface area contributed by atoms with Crippen molar-refractivity contribution in [3.8, 4) is 11.3 Å². The first-order chi connectivity index (χ1) is 8.84. The summed E-state index contributed by atoms with van der Waals surface area (Å²) in [5, 5.41) is 3.24. The normalized spacial score (nSPS) is 14.4. The summed E-state index contributed by atoms with van der Waals surface area (Å²) in [6, 6.07) is 9.95. The van der Waals surface area contributed by atoms with Crippen molar-refractivity contribution in [2.24, 2.45) is 0 Å². The molecule has 1 aromatic heterocycles. The molecule has 3 rings (SSSR count). The Balaban J connectivity index is 2.20. The van der Waals surface area contributed by atoms with E-state index in [1.54, 1.807) is 0 Å². The maximum absolute atomic E-state index is 11.6. The molecule has 0 spiro atoms. The van der Waals surface area contributed by atoms with E-state index < -0.39 is 0 Å². The highest BCUT2D eigenvalue weighted by Crippen LogP contribution is 2.27. The minimum absolute atomic E-state index is 0.290. The van der Waals surface area contributed by atoms with Gasteiger partial charge in [0, 0.05) is 12.1 Å². The van der Waals surface area contributed by atoms with Gasteiger partial charge >= 0.3 is 5.69 Å². The molecule has 4 heteroatoms. The summed E-state index contributed by atoms with van der Waals surface area (Å²) >= 11 is 0. The summed E-state index contributed by atoms with van der Waals surface area (Å²) < 4.78 is 0. The molecule has 92 valence electrons. The van der Waals surface area contributed by atoms with Gasteiger partial charge in [0.05, 0.1) is 5.69 Å². The van der Waals surface area contributed by atoms with E-state index >= 15 is 0 Å². The van der Waals surface area contributed by atoms with Crippen molar-refractivity contribution in [2.75, 3.05) is 11.9 Å². The van der Waals surface area contributed by atoms with E-state index in [9.17, 15) is 4.79 Å². The first-order valence-electron chi connectivity index (χ1n) is 6.27. The zero-order chi connectivity index (χ0) is 12.4. The Kier molecular flexibility index (Phi) is 2.84. The van der Waals surface area contributed by atoms with Gasteiger partial charge in [0.2, 0.25) is 0 Å². The molecule has 1 aliphatic rings. The number of hydrogen-bond donors (Lipinski definition) is 2. The maximum atomic E-state index is 11.6. The molecule has 0 radical (unpaired) electrons. The van der Waals surface area contributed by atoms with Gasteiger partial charge in [-0.3, -0.25) is 0 Å². The lowest BCUT2D eigenvalue weighted by molar-refractivity contribution is 0.785. The highest BCUT2D eigenvalue weighted by atomic mass is 16.1. The Morgan fingerprint density at radius 3 is 2.78 bits per heavy atom. The lowest BCUT2D eigenvalue weighted by atomic mass is 10.0. The van der Waals surface area contributed by atoms with Gasteiger partial charge < -0.3 is 10.3 Å². The molecule has 0 atom stereocenters. The molecule has 0 fully saturated rings. The highest BCUT2D eigenvalue weighted by Gasteiger charge is 2.15. The minimum atomic E-state index is -0.290. The molecule has 0 saturated carbocycles. The molecule has 0 unspecified atom stereocenters. The molecule has 2 aromatic rings. The summed E-state index contributed by atoms with van der Waals surface area (Å²) in [6.07, 6.45) is 3.18. The molecule has 1 aromatic carbocycles. The first kappa shape index (κ1) is 11.0. The molecular formula is C14H15N3O. The van der Waals surface area contributed by atoms with Gasteiger partial charge in [-0.15, -0.1) is 0 Å². The smallest absolute Gasteiger partial charge is 0.347 e. The second kappa shape index (κ2) is 4.64. The molecular weight excluding hydrogens is 226 g/mol. The van der Waals surface area contributed by atoms with Crippen LogP contribution in [0.2, 0.25) is 0 Å². The van der Waals surface area contributed by atoms with Crippen molar-refractivity contribution < 1.29 is 0 Å².